The fourth-order valence-electron chi connectivity index (χ4n) is 1.98. The standard InChI is InChI=1S/C17H27NO3/c1-6-11-18-17(4,16(19)20-5)12-21-15-9-7-14(8-10-15)13(2)3/h7-10,13,18H,6,11-12H2,1-5H3. The Morgan fingerprint density at radius 3 is 2.38 bits per heavy atom. The van der Waals surface area contributed by atoms with Crippen molar-refractivity contribution in [1.29, 1.82) is 0 Å². The van der Waals surface area contributed by atoms with Gasteiger partial charge in [-0.05, 0) is 43.5 Å². The molecule has 21 heavy (non-hydrogen) atoms. The van der Waals surface area contributed by atoms with Gasteiger partial charge in [0.15, 0.2) is 0 Å². The van der Waals surface area contributed by atoms with Crippen molar-refractivity contribution in [2.24, 2.45) is 0 Å². The van der Waals surface area contributed by atoms with Crippen LogP contribution in [0.1, 0.15) is 45.6 Å². The SMILES string of the molecule is CCCNC(C)(COc1ccc(C(C)C)cc1)C(=O)OC. The summed E-state index contributed by atoms with van der Waals surface area (Å²) in [5, 5.41) is 3.20. The highest BCUT2D eigenvalue weighted by Crippen LogP contribution is 2.19. The monoisotopic (exact) mass is 293 g/mol. The molecule has 0 radical (unpaired) electrons. The third-order valence-corrected chi connectivity index (χ3v) is 3.48. The molecule has 1 aromatic rings. The molecule has 0 amide bonds. The Labute approximate surface area is 127 Å². The van der Waals surface area contributed by atoms with E-state index in [-0.39, 0.29) is 12.6 Å². The Balaban J connectivity index is 2.69. The van der Waals surface area contributed by atoms with E-state index >= 15 is 0 Å². The minimum atomic E-state index is -0.832. The summed E-state index contributed by atoms with van der Waals surface area (Å²) in [7, 11) is 1.39. The van der Waals surface area contributed by atoms with Crippen molar-refractivity contribution < 1.29 is 14.3 Å². The predicted molar refractivity (Wildman–Crippen MR) is 84.7 cm³/mol. The third-order valence-electron chi connectivity index (χ3n) is 3.48. The van der Waals surface area contributed by atoms with Crippen molar-refractivity contribution in [1.82, 2.24) is 5.32 Å². The Hall–Kier alpha value is -1.55. The van der Waals surface area contributed by atoms with Gasteiger partial charge < -0.3 is 9.47 Å². The van der Waals surface area contributed by atoms with Crippen LogP contribution in [0.15, 0.2) is 24.3 Å². The van der Waals surface area contributed by atoms with Crippen LogP contribution >= 0.6 is 0 Å². The molecule has 1 atom stereocenters. The van der Waals surface area contributed by atoms with Crippen LogP contribution in [-0.4, -0.2) is 31.8 Å². The van der Waals surface area contributed by atoms with Crippen molar-refractivity contribution in [3.05, 3.63) is 29.8 Å². The van der Waals surface area contributed by atoms with Gasteiger partial charge in [0.05, 0.1) is 7.11 Å². The number of benzene rings is 1. The summed E-state index contributed by atoms with van der Waals surface area (Å²) in [6.07, 6.45) is 0.940. The first-order valence-electron chi connectivity index (χ1n) is 7.49. The molecule has 0 spiro atoms. The molecule has 118 valence electrons. The number of hydrogen-bond acceptors (Lipinski definition) is 4. The number of rotatable bonds is 8. The van der Waals surface area contributed by atoms with E-state index in [0.29, 0.717) is 5.92 Å². The quantitative estimate of drug-likeness (QED) is 0.748. The van der Waals surface area contributed by atoms with Crippen LogP contribution in [0.5, 0.6) is 5.75 Å². The molecule has 1 aromatic carbocycles. The van der Waals surface area contributed by atoms with Gasteiger partial charge in [0, 0.05) is 0 Å². The second-order valence-corrected chi connectivity index (χ2v) is 5.76. The molecule has 0 aliphatic heterocycles. The number of nitrogens with one attached hydrogen (secondary N) is 1. The minimum absolute atomic E-state index is 0.237. The van der Waals surface area contributed by atoms with Crippen molar-refractivity contribution in [3.8, 4) is 5.75 Å². The van der Waals surface area contributed by atoms with Crippen LogP contribution in [0.2, 0.25) is 0 Å². The molecular weight excluding hydrogens is 266 g/mol. The fourth-order valence-corrected chi connectivity index (χ4v) is 1.98. The van der Waals surface area contributed by atoms with E-state index in [2.05, 4.69) is 38.2 Å². The van der Waals surface area contributed by atoms with Gasteiger partial charge in [-0.2, -0.15) is 0 Å². The van der Waals surface area contributed by atoms with Crippen molar-refractivity contribution in [2.75, 3.05) is 20.3 Å². The van der Waals surface area contributed by atoms with Crippen LogP contribution in [0.4, 0.5) is 0 Å². The van der Waals surface area contributed by atoms with Crippen LogP contribution < -0.4 is 10.1 Å². The van der Waals surface area contributed by atoms with Crippen LogP contribution in [0.25, 0.3) is 0 Å². The normalized spacial score (nSPS) is 13.8. The molecule has 0 aromatic heterocycles. The maximum atomic E-state index is 11.9. The zero-order valence-corrected chi connectivity index (χ0v) is 13.7. The first-order chi connectivity index (χ1) is 9.92. The van der Waals surface area contributed by atoms with E-state index in [1.807, 2.05) is 12.1 Å². The van der Waals surface area contributed by atoms with Gasteiger partial charge in [-0.25, -0.2) is 4.79 Å². The largest absolute Gasteiger partial charge is 0.491 e. The van der Waals surface area contributed by atoms with E-state index in [1.165, 1.54) is 12.7 Å². The number of carbonyl (C=O) groups is 1. The Morgan fingerprint density at radius 2 is 1.90 bits per heavy atom. The lowest BCUT2D eigenvalue weighted by Gasteiger charge is -2.27. The number of methoxy groups -OCH3 is 1. The first-order valence-corrected chi connectivity index (χ1v) is 7.49. The van der Waals surface area contributed by atoms with Crippen LogP contribution in [0, 0.1) is 0 Å². The maximum Gasteiger partial charge on any atom is 0.329 e. The lowest BCUT2D eigenvalue weighted by atomic mass is 10.0. The zero-order valence-electron chi connectivity index (χ0n) is 13.7. The van der Waals surface area contributed by atoms with E-state index in [9.17, 15) is 4.79 Å². The molecule has 0 heterocycles. The number of ether oxygens (including phenoxy) is 2. The van der Waals surface area contributed by atoms with E-state index in [1.54, 1.807) is 6.92 Å². The maximum absolute atomic E-state index is 11.9. The molecular formula is C17H27NO3. The molecule has 1 unspecified atom stereocenters. The van der Waals surface area contributed by atoms with Gasteiger partial charge in [-0.1, -0.05) is 32.9 Å². The minimum Gasteiger partial charge on any atom is -0.491 e. The van der Waals surface area contributed by atoms with Gasteiger partial charge in [0.25, 0.3) is 0 Å². The summed E-state index contributed by atoms with van der Waals surface area (Å²) in [5.41, 5.74) is 0.434. The number of hydrogen-bond donors (Lipinski definition) is 1. The summed E-state index contributed by atoms with van der Waals surface area (Å²) in [6.45, 7) is 9.13. The lowest BCUT2D eigenvalue weighted by Crippen LogP contribution is -2.54. The van der Waals surface area contributed by atoms with Crippen molar-refractivity contribution >= 4 is 5.97 Å². The molecule has 4 heteroatoms. The molecule has 1 rings (SSSR count). The van der Waals surface area contributed by atoms with Crippen LogP contribution in [-0.2, 0) is 9.53 Å². The Kier molecular flexibility index (Phi) is 6.69. The number of carbonyl (C=O) groups excluding carboxylic acids is 1. The van der Waals surface area contributed by atoms with E-state index in [4.69, 9.17) is 9.47 Å². The van der Waals surface area contributed by atoms with Crippen molar-refractivity contribution in [3.63, 3.8) is 0 Å². The average Bonchev–Trinajstić information content (AvgIpc) is 2.50. The molecule has 1 N–H and O–H groups in total. The molecule has 0 saturated carbocycles. The molecule has 0 saturated heterocycles. The molecule has 0 bridgehead atoms. The highest BCUT2D eigenvalue weighted by atomic mass is 16.5. The van der Waals surface area contributed by atoms with E-state index < -0.39 is 5.54 Å². The van der Waals surface area contributed by atoms with Crippen LogP contribution in [0.3, 0.4) is 0 Å². The van der Waals surface area contributed by atoms with Crippen molar-refractivity contribution in [2.45, 2.75) is 45.6 Å². The highest BCUT2D eigenvalue weighted by molar-refractivity contribution is 5.80. The van der Waals surface area contributed by atoms with Gasteiger partial charge in [-0.15, -0.1) is 0 Å². The fraction of sp³-hybridized carbons (Fsp3) is 0.588. The summed E-state index contributed by atoms with van der Waals surface area (Å²) in [4.78, 5) is 11.9. The summed E-state index contributed by atoms with van der Waals surface area (Å²) in [6, 6.07) is 7.98. The Morgan fingerprint density at radius 1 is 1.29 bits per heavy atom. The molecule has 0 fully saturated rings. The summed E-state index contributed by atoms with van der Waals surface area (Å²) < 4.78 is 10.6. The number of esters is 1. The summed E-state index contributed by atoms with van der Waals surface area (Å²) >= 11 is 0. The second-order valence-electron chi connectivity index (χ2n) is 5.76. The topological polar surface area (TPSA) is 47.6 Å². The zero-order chi connectivity index (χ0) is 15.9. The smallest absolute Gasteiger partial charge is 0.329 e. The second kappa shape index (κ2) is 8.03. The van der Waals surface area contributed by atoms with Gasteiger partial charge in [-0.3, -0.25) is 5.32 Å². The van der Waals surface area contributed by atoms with Gasteiger partial charge >= 0.3 is 5.97 Å². The molecule has 0 aliphatic carbocycles. The summed E-state index contributed by atoms with van der Waals surface area (Å²) in [5.74, 6) is 0.938. The highest BCUT2D eigenvalue weighted by Gasteiger charge is 2.34. The first kappa shape index (κ1) is 17.5. The predicted octanol–water partition coefficient (Wildman–Crippen LogP) is 3.12. The average molecular weight is 293 g/mol. The Bertz CT molecular complexity index is 442. The van der Waals surface area contributed by atoms with E-state index in [0.717, 1.165) is 18.7 Å². The van der Waals surface area contributed by atoms with Gasteiger partial charge in [0.2, 0.25) is 0 Å². The lowest BCUT2D eigenvalue weighted by molar-refractivity contribution is -0.149. The van der Waals surface area contributed by atoms with Gasteiger partial charge in [0.1, 0.15) is 17.9 Å². The molecule has 4 nitrogen and oxygen atoms in total. The molecule has 0 aliphatic rings. The third kappa shape index (κ3) is 5.05.